The van der Waals surface area contributed by atoms with Crippen LogP contribution in [-0.4, -0.2) is 28.5 Å². The molecule has 0 saturated heterocycles. The van der Waals surface area contributed by atoms with Crippen LogP contribution >= 0.6 is 0 Å². The lowest BCUT2D eigenvalue weighted by Crippen LogP contribution is -2.22. The summed E-state index contributed by atoms with van der Waals surface area (Å²) in [5.74, 6) is -0.729. The number of hydrogen-bond acceptors (Lipinski definition) is 5. The van der Waals surface area contributed by atoms with Crippen LogP contribution in [0.25, 0.3) is 0 Å². The van der Waals surface area contributed by atoms with Crippen molar-refractivity contribution in [2.24, 2.45) is 0 Å². The van der Waals surface area contributed by atoms with Crippen LogP contribution in [0.15, 0.2) is 48.8 Å². The van der Waals surface area contributed by atoms with Crippen molar-refractivity contribution in [2.45, 2.75) is 13.3 Å². The van der Waals surface area contributed by atoms with E-state index in [1.165, 1.54) is 11.6 Å². The Kier molecular flexibility index (Phi) is 5.36. The van der Waals surface area contributed by atoms with Gasteiger partial charge in [-0.15, -0.1) is 0 Å². The largest absolute Gasteiger partial charge is 0.359 e. The van der Waals surface area contributed by atoms with Gasteiger partial charge in [-0.25, -0.2) is 13.8 Å². The van der Waals surface area contributed by atoms with E-state index in [1.807, 2.05) is 37.1 Å². The van der Waals surface area contributed by atoms with Gasteiger partial charge in [-0.3, -0.25) is 4.98 Å². The Morgan fingerprint density at radius 1 is 1.00 bits per heavy atom. The maximum absolute atomic E-state index is 13.4. The van der Waals surface area contributed by atoms with Gasteiger partial charge in [0, 0.05) is 49.5 Å². The average Bonchev–Trinajstić information content (AvgIpc) is 2.63. The van der Waals surface area contributed by atoms with Crippen LogP contribution in [0.2, 0.25) is 0 Å². The lowest BCUT2D eigenvalue weighted by molar-refractivity contribution is 0.509. The van der Waals surface area contributed by atoms with Gasteiger partial charge < -0.3 is 10.2 Å². The van der Waals surface area contributed by atoms with E-state index in [0.717, 1.165) is 36.6 Å². The monoisotopic (exact) mass is 355 g/mol. The van der Waals surface area contributed by atoms with E-state index < -0.39 is 11.6 Å². The first-order valence-corrected chi connectivity index (χ1v) is 8.19. The van der Waals surface area contributed by atoms with Crippen molar-refractivity contribution in [3.63, 3.8) is 0 Å². The Morgan fingerprint density at radius 2 is 1.77 bits per heavy atom. The Balaban J connectivity index is 1.73. The molecule has 0 saturated carbocycles. The molecule has 0 aliphatic heterocycles. The first kappa shape index (κ1) is 17.7. The number of halogens is 2. The quantitative estimate of drug-likeness (QED) is 0.727. The second-order valence-corrected chi connectivity index (χ2v) is 5.97. The van der Waals surface area contributed by atoms with Gasteiger partial charge in [-0.05, 0) is 43.2 Å². The Bertz CT molecular complexity index is 886. The number of nitrogens with one attached hydrogen (secondary N) is 1. The molecule has 0 atom stereocenters. The fourth-order valence-electron chi connectivity index (χ4n) is 2.47. The minimum atomic E-state index is -0.919. The number of benzene rings is 1. The summed E-state index contributed by atoms with van der Waals surface area (Å²) < 4.78 is 26.4. The van der Waals surface area contributed by atoms with E-state index in [2.05, 4.69) is 20.3 Å². The third-order valence-electron chi connectivity index (χ3n) is 3.89. The molecule has 26 heavy (non-hydrogen) atoms. The molecule has 7 heteroatoms. The van der Waals surface area contributed by atoms with E-state index in [4.69, 9.17) is 0 Å². The topological polar surface area (TPSA) is 53.9 Å². The Morgan fingerprint density at radius 3 is 2.50 bits per heavy atom. The third-order valence-corrected chi connectivity index (χ3v) is 3.89. The summed E-state index contributed by atoms with van der Waals surface area (Å²) in [4.78, 5) is 14.8. The molecule has 1 N–H and O–H groups in total. The van der Waals surface area contributed by atoms with Crippen LogP contribution in [0.3, 0.4) is 0 Å². The number of nitrogens with zero attached hydrogens (tertiary/aromatic N) is 4. The maximum atomic E-state index is 13.4. The van der Waals surface area contributed by atoms with E-state index in [-0.39, 0.29) is 0 Å². The van der Waals surface area contributed by atoms with Crippen molar-refractivity contribution in [3.8, 4) is 0 Å². The smallest absolute Gasteiger partial charge is 0.229 e. The van der Waals surface area contributed by atoms with Gasteiger partial charge >= 0.3 is 0 Å². The van der Waals surface area contributed by atoms with Crippen LogP contribution in [0.5, 0.6) is 0 Å². The highest BCUT2D eigenvalue weighted by molar-refractivity contribution is 5.55. The summed E-state index contributed by atoms with van der Waals surface area (Å²) in [7, 11) is 1.95. The summed E-state index contributed by atoms with van der Waals surface area (Å²) in [5.41, 5.74) is 2.36. The van der Waals surface area contributed by atoms with Gasteiger partial charge in [0.1, 0.15) is 5.82 Å². The normalized spacial score (nSPS) is 10.6. The van der Waals surface area contributed by atoms with Gasteiger partial charge in [0.25, 0.3) is 0 Å². The summed E-state index contributed by atoms with van der Waals surface area (Å²) in [5, 5.41) is 2.92. The number of rotatable bonds is 6. The van der Waals surface area contributed by atoms with Crippen molar-refractivity contribution in [1.29, 1.82) is 0 Å². The zero-order valence-corrected chi connectivity index (χ0v) is 14.6. The van der Waals surface area contributed by atoms with Gasteiger partial charge in [0.15, 0.2) is 11.6 Å². The molecule has 0 amide bonds. The van der Waals surface area contributed by atoms with Gasteiger partial charge in [-0.1, -0.05) is 0 Å². The van der Waals surface area contributed by atoms with Crippen molar-refractivity contribution in [1.82, 2.24) is 15.0 Å². The Hall–Kier alpha value is -3.09. The maximum Gasteiger partial charge on any atom is 0.229 e. The highest BCUT2D eigenvalue weighted by atomic mass is 19.2. The fourth-order valence-corrected chi connectivity index (χ4v) is 2.47. The van der Waals surface area contributed by atoms with Crippen molar-refractivity contribution < 1.29 is 8.78 Å². The summed E-state index contributed by atoms with van der Waals surface area (Å²) in [6, 6.07) is 9.42. The van der Waals surface area contributed by atoms with Gasteiger partial charge in [-0.2, -0.15) is 4.98 Å². The van der Waals surface area contributed by atoms with E-state index >= 15 is 0 Å². The number of aryl methyl sites for hydroxylation is 1. The molecule has 3 aromatic rings. The SMILES string of the molecule is Cc1cc(N(C)CCc2ccncc2)nc(Nc2ccc(F)c(F)c2)n1. The molecule has 0 aliphatic carbocycles. The predicted octanol–water partition coefficient (Wildman–Crippen LogP) is 3.88. The molecule has 0 spiro atoms. The van der Waals surface area contributed by atoms with Crippen LogP contribution in [0.4, 0.5) is 26.2 Å². The van der Waals surface area contributed by atoms with E-state index in [0.29, 0.717) is 11.6 Å². The second-order valence-electron chi connectivity index (χ2n) is 5.97. The molecule has 2 heterocycles. The average molecular weight is 355 g/mol. The summed E-state index contributed by atoms with van der Waals surface area (Å²) in [6.07, 6.45) is 4.40. The predicted molar refractivity (Wildman–Crippen MR) is 97.6 cm³/mol. The highest BCUT2D eigenvalue weighted by Crippen LogP contribution is 2.19. The zero-order chi connectivity index (χ0) is 18.5. The second kappa shape index (κ2) is 7.86. The number of hydrogen-bond donors (Lipinski definition) is 1. The molecule has 0 radical (unpaired) electrons. The van der Waals surface area contributed by atoms with Crippen LogP contribution in [0, 0.1) is 18.6 Å². The van der Waals surface area contributed by atoms with Crippen LogP contribution in [0.1, 0.15) is 11.3 Å². The molecule has 134 valence electrons. The number of likely N-dealkylation sites (N-methyl/N-ethyl adjacent to an activating group) is 1. The Labute approximate surface area is 150 Å². The summed E-state index contributed by atoms with van der Waals surface area (Å²) >= 11 is 0. The van der Waals surface area contributed by atoms with Crippen molar-refractivity contribution in [3.05, 3.63) is 71.7 Å². The standard InChI is InChI=1S/C19H19F2N5/c1-13-11-18(26(2)10-7-14-5-8-22-9-6-14)25-19(23-13)24-15-3-4-16(20)17(21)12-15/h3-6,8-9,11-12H,7,10H2,1-2H3,(H,23,24,25). The molecule has 0 fully saturated rings. The summed E-state index contributed by atoms with van der Waals surface area (Å²) in [6.45, 7) is 2.63. The van der Waals surface area contributed by atoms with E-state index in [1.54, 1.807) is 12.4 Å². The van der Waals surface area contributed by atoms with Crippen LogP contribution < -0.4 is 10.2 Å². The molecule has 3 rings (SSSR count). The van der Waals surface area contributed by atoms with Gasteiger partial charge in [0.2, 0.25) is 5.95 Å². The fraction of sp³-hybridized carbons (Fsp3) is 0.211. The zero-order valence-electron chi connectivity index (χ0n) is 14.6. The molecule has 1 aromatic carbocycles. The first-order valence-electron chi connectivity index (χ1n) is 8.19. The molecule has 5 nitrogen and oxygen atoms in total. The lowest BCUT2D eigenvalue weighted by Gasteiger charge is -2.19. The molecular formula is C19H19F2N5. The highest BCUT2D eigenvalue weighted by Gasteiger charge is 2.09. The minimum Gasteiger partial charge on any atom is -0.359 e. The molecule has 2 aromatic heterocycles. The van der Waals surface area contributed by atoms with Crippen molar-refractivity contribution in [2.75, 3.05) is 23.8 Å². The third kappa shape index (κ3) is 4.50. The number of anilines is 3. The molecular weight excluding hydrogens is 336 g/mol. The molecule has 0 bridgehead atoms. The lowest BCUT2D eigenvalue weighted by atomic mass is 10.2. The molecule has 0 aliphatic rings. The van der Waals surface area contributed by atoms with E-state index in [9.17, 15) is 8.78 Å². The van der Waals surface area contributed by atoms with Crippen molar-refractivity contribution >= 4 is 17.5 Å². The minimum absolute atomic E-state index is 0.335. The van der Waals surface area contributed by atoms with Crippen LogP contribution in [-0.2, 0) is 6.42 Å². The first-order chi connectivity index (χ1) is 12.5. The molecule has 0 unspecified atom stereocenters. The number of pyridine rings is 1. The number of aromatic nitrogens is 3. The van der Waals surface area contributed by atoms with Gasteiger partial charge in [0.05, 0.1) is 0 Å².